The molecular formula is C16H26N2O. The van der Waals surface area contributed by atoms with E-state index in [0.717, 1.165) is 37.0 Å². The van der Waals surface area contributed by atoms with Crippen LogP contribution in [0.25, 0.3) is 0 Å². The lowest BCUT2D eigenvalue weighted by molar-refractivity contribution is 0.123. The largest absolute Gasteiger partial charge is 0.474 e. The van der Waals surface area contributed by atoms with Crippen LogP contribution in [0.5, 0.6) is 5.88 Å². The molecule has 0 aromatic carbocycles. The first-order valence-electron chi connectivity index (χ1n) is 7.61. The van der Waals surface area contributed by atoms with Gasteiger partial charge in [-0.3, -0.25) is 0 Å². The number of pyridine rings is 1. The summed E-state index contributed by atoms with van der Waals surface area (Å²) in [6.07, 6.45) is 6.47. The van der Waals surface area contributed by atoms with Crippen molar-refractivity contribution in [3.63, 3.8) is 0 Å². The highest BCUT2D eigenvalue weighted by Crippen LogP contribution is 2.26. The first-order chi connectivity index (χ1) is 9.28. The fraction of sp³-hybridized carbons (Fsp3) is 0.688. The van der Waals surface area contributed by atoms with Gasteiger partial charge in [0, 0.05) is 12.6 Å². The van der Waals surface area contributed by atoms with Gasteiger partial charge in [-0.15, -0.1) is 0 Å². The zero-order valence-corrected chi connectivity index (χ0v) is 12.2. The van der Waals surface area contributed by atoms with E-state index in [2.05, 4.69) is 30.2 Å². The molecule has 2 atom stereocenters. The molecule has 2 unspecified atom stereocenters. The molecule has 0 radical (unpaired) electrons. The molecule has 0 amide bonds. The normalized spacial score (nSPS) is 23.3. The fourth-order valence-electron chi connectivity index (χ4n) is 2.67. The quantitative estimate of drug-likeness (QED) is 0.796. The topological polar surface area (TPSA) is 34.1 Å². The molecule has 0 spiro atoms. The maximum Gasteiger partial charge on any atom is 0.213 e. The Hall–Kier alpha value is -1.09. The summed E-state index contributed by atoms with van der Waals surface area (Å²) in [6, 6.07) is 6.07. The highest BCUT2D eigenvalue weighted by atomic mass is 16.5. The SMILES string of the molecule is CCCNCc1cccc(OC2CCCC(C)C2)n1. The van der Waals surface area contributed by atoms with E-state index in [-0.39, 0.29) is 0 Å². The second-order valence-corrected chi connectivity index (χ2v) is 5.66. The molecule has 1 saturated carbocycles. The predicted octanol–water partition coefficient (Wildman–Crippen LogP) is 3.54. The summed E-state index contributed by atoms with van der Waals surface area (Å²) in [5, 5.41) is 3.37. The molecule has 1 fully saturated rings. The molecule has 1 aromatic heterocycles. The van der Waals surface area contributed by atoms with Crippen molar-refractivity contribution in [3.8, 4) is 5.88 Å². The van der Waals surface area contributed by atoms with Crippen LogP contribution in [0.1, 0.15) is 51.6 Å². The summed E-state index contributed by atoms with van der Waals surface area (Å²) in [4.78, 5) is 4.58. The van der Waals surface area contributed by atoms with Crippen molar-refractivity contribution in [1.82, 2.24) is 10.3 Å². The van der Waals surface area contributed by atoms with Gasteiger partial charge in [0.05, 0.1) is 5.69 Å². The van der Waals surface area contributed by atoms with Crippen molar-refractivity contribution < 1.29 is 4.74 Å². The average molecular weight is 262 g/mol. The number of hydrogen-bond donors (Lipinski definition) is 1. The smallest absolute Gasteiger partial charge is 0.213 e. The number of aromatic nitrogens is 1. The zero-order chi connectivity index (χ0) is 13.5. The van der Waals surface area contributed by atoms with E-state index in [0.29, 0.717) is 6.10 Å². The number of nitrogens with one attached hydrogen (secondary N) is 1. The highest BCUT2D eigenvalue weighted by molar-refractivity contribution is 5.16. The monoisotopic (exact) mass is 262 g/mol. The Morgan fingerprint density at radius 1 is 1.37 bits per heavy atom. The Labute approximate surface area is 116 Å². The summed E-state index contributed by atoms with van der Waals surface area (Å²) < 4.78 is 6.03. The van der Waals surface area contributed by atoms with Crippen LogP contribution in [0.3, 0.4) is 0 Å². The minimum atomic E-state index is 0.357. The van der Waals surface area contributed by atoms with Crippen molar-refractivity contribution in [1.29, 1.82) is 0 Å². The molecule has 3 heteroatoms. The van der Waals surface area contributed by atoms with Crippen LogP contribution in [0.2, 0.25) is 0 Å². The van der Waals surface area contributed by atoms with Gasteiger partial charge in [-0.05, 0) is 44.2 Å². The Morgan fingerprint density at radius 2 is 2.26 bits per heavy atom. The van der Waals surface area contributed by atoms with Crippen molar-refractivity contribution in [3.05, 3.63) is 23.9 Å². The Bertz CT molecular complexity index is 381. The van der Waals surface area contributed by atoms with Crippen LogP contribution in [-0.4, -0.2) is 17.6 Å². The fourth-order valence-corrected chi connectivity index (χ4v) is 2.67. The molecule has 1 heterocycles. The van der Waals surface area contributed by atoms with Crippen molar-refractivity contribution >= 4 is 0 Å². The van der Waals surface area contributed by atoms with E-state index in [1.807, 2.05) is 12.1 Å². The molecule has 1 aliphatic carbocycles. The van der Waals surface area contributed by atoms with E-state index in [1.54, 1.807) is 0 Å². The van der Waals surface area contributed by atoms with Crippen molar-refractivity contribution in [2.24, 2.45) is 5.92 Å². The third-order valence-electron chi connectivity index (χ3n) is 3.69. The molecular weight excluding hydrogens is 236 g/mol. The van der Waals surface area contributed by atoms with E-state index >= 15 is 0 Å². The molecule has 0 aliphatic heterocycles. The average Bonchev–Trinajstić information content (AvgIpc) is 2.39. The first-order valence-corrected chi connectivity index (χ1v) is 7.61. The van der Waals surface area contributed by atoms with E-state index in [9.17, 15) is 0 Å². The summed E-state index contributed by atoms with van der Waals surface area (Å²) in [6.45, 7) is 6.34. The summed E-state index contributed by atoms with van der Waals surface area (Å²) in [5.74, 6) is 1.57. The van der Waals surface area contributed by atoms with E-state index in [1.165, 1.54) is 25.7 Å². The number of ether oxygens (including phenoxy) is 1. The van der Waals surface area contributed by atoms with Gasteiger partial charge < -0.3 is 10.1 Å². The zero-order valence-electron chi connectivity index (χ0n) is 12.2. The maximum absolute atomic E-state index is 6.03. The van der Waals surface area contributed by atoms with Crippen LogP contribution in [0.15, 0.2) is 18.2 Å². The third kappa shape index (κ3) is 4.83. The van der Waals surface area contributed by atoms with E-state index < -0.39 is 0 Å². The van der Waals surface area contributed by atoms with E-state index in [4.69, 9.17) is 4.74 Å². The second kappa shape index (κ2) is 7.49. The van der Waals surface area contributed by atoms with Gasteiger partial charge in [-0.25, -0.2) is 4.98 Å². The van der Waals surface area contributed by atoms with Gasteiger partial charge in [0.15, 0.2) is 0 Å². The number of hydrogen-bond acceptors (Lipinski definition) is 3. The first kappa shape index (κ1) is 14.3. The van der Waals surface area contributed by atoms with Gasteiger partial charge in [0.25, 0.3) is 0 Å². The summed E-state index contributed by atoms with van der Waals surface area (Å²) >= 11 is 0. The molecule has 1 aromatic rings. The Kier molecular flexibility index (Phi) is 5.64. The van der Waals surface area contributed by atoms with Crippen LogP contribution < -0.4 is 10.1 Å². The minimum Gasteiger partial charge on any atom is -0.474 e. The van der Waals surface area contributed by atoms with Gasteiger partial charge >= 0.3 is 0 Å². The number of rotatable bonds is 6. The molecule has 0 saturated heterocycles. The van der Waals surface area contributed by atoms with Gasteiger partial charge in [0.1, 0.15) is 6.10 Å². The summed E-state index contributed by atoms with van der Waals surface area (Å²) in [5.41, 5.74) is 1.06. The maximum atomic E-state index is 6.03. The van der Waals surface area contributed by atoms with Crippen molar-refractivity contribution in [2.45, 2.75) is 58.6 Å². The molecule has 3 nitrogen and oxygen atoms in total. The van der Waals surface area contributed by atoms with Crippen LogP contribution in [0.4, 0.5) is 0 Å². The lowest BCUT2D eigenvalue weighted by Gasteiger charge is -2.27. The minimum absolute atomic E-state index is 0.357. The molecule has 0 bridgehead atoms. The highest BCUT2D eigenvalue weighted by Gasteiger charge is 2.20. The lowest BCUT2D eigenvalue weighted by Crippen LogP contribution is -2.24. The second-order valence-electron chi connectivity index (χ2n) is 5.66. The Balaban J connectivity index is 1.87. The predicted molar refractivity (Wildman–Crippen MR) is 78.3 cm³/mol. The van der Waals surface area contributed by atoms with Crippen LogP contribution in [-0.2, 0) is 6.54 Å². The molecule has 1 aliphatic rings. The third-order valence-corrected chi connectivity index (χ3v) is 3.69. The van der Waals surface area contributed by atoms with Gasteiger partial charge in [0.2, 0.25) is 5.88 Å². The van der Waals surface area contributed by atoms with Crippen LogP contribution >= 0.6 is 0 Å². The Morgan fingerprint density at radius 3 is 3.05 bits per heavy atom. The van der Waals surface area contributed by atoms with Gasteiger partial charge in [-0.2, -0.15) is 0 Å². The lowest BCUT2D eigenvalue weighted by atomic mass is 9.89. The van der Waals surface area contributed by atoms with Crippen LogP contribution in [0, 0.1) is 5.92 Å². The van der Waals surface area contributed by atoms with Crippen molar-refractivity contribution in [2.75, 3.05) is 6.54 Å². The molecule has 106 valence electrons. The number of nitrogens with zero attached hydrogens (tertiary/aromatic N) is 1. The standard InChI is InChI=1S/C16H26N2O/c1-3-10-17-12-14-7-5-9-16(18-14)19-15-8-4-6-13(2)11-15/h5,7,9,13,15,17H,3-4,6,8,10-12H2,1-2H3. The molecule has 2 rings (SSSR count). The summed E-state index contributed by atoms with van der Waals surface area (Å²) in [7, 11) is 0. The molecule has 19 heavy (non-hydrogen) atoms. The molecule has 1 N–H and O–H groups in total. The van der Waals surface area contributed by atoms with Gasteiger partial charge in [-0.1, -0.05) is 26.3 Å².